The molecule has 0 saturated carbocycles. The molecule has 0 saturated heterocycles. The summed E-state index contributed by atoms with van der Waals surface area (Å²) in [7, 11) is 1.60. The molecule has 0 amide bonds. The average molecular weight is 387 g/mol. The molecule has 0 spiro atoms. The van der Waals surface area contributed by atoms with Crippen molar-refractivity contribution in [2.24, 2.45) is 0 Å². The van der Waals surface area contributed by atoms with Gasteiger partial charge in [0.1, 0.15) is 23.0 Å². The normalized spacial score (nSPS) is 11.6. The standard InChI is InChI=1S/C20H21NO5S/c1-11(21)19(12(2)22)17(23)10-26-20(24)18-9-16(13(3)27-18)14-5-7-15(25-4)8-6-14/h5-9,21,23H,10H2,1-4H3/b19-17-,21-11?. The van der Waals surface area contributed by atoms with Gasteiger partial charge in [0.05, 0.1) is 12.7 Å². The van der Waals surface area contributed by atoms with Crippen molar-refractivity contribution < 1.29 is 24.2 Å². The molecule has 0 aliphatic carbocycles. The van der Waals surface area contributed by atoms with Crippen LogP contribution in [0.1, 0.15) is 28.4 Å². The van der Waals surface area contributed by atoms with Gasteiger partial charge in [0.2, 0.25) is 0 Å². The van der Waals surface area contributed by atoms with Crippen molar-refractivity contribution in [1.29, 1.82) is 5.41 Å². The van der Waals surface area contributed by atoms with Crippen molar-refractivity contribution in [3.63, 3.8) is 0 Å². The molecule has 6 nitrogen and oxygen atoms in total. The van der Waals surface area contributed by atoms with Crippen molar-refractivity contribution in [1.82, 2.24) is 0 Å². The number of rotatable bonds is 7. The van der Waals surface area contributed by atoms with E-state index in [9.17, 15) is 14.7 Å². The molecule has 0 aliphatic heterocycles. The first-order valence-corrected chi connectivity index (χ1v) is 8.96. The van der Waals surface area contributed by atoms with E-state index in [0.29, 0.717) is 4.88 Å². The SMILES string of the molecule is COc1ccc(-c2cc(C(=O)OC/C(O)=C(\C(C)=N)C(C)=O)sc2C)cc1. The number of aliphatic hydroxyl groups is 1. The number of Topliss-reactive ketones (excluding diaryl/α,β-unsaturated/α-hetero) is 1. The van der Waals surface area contributed by atoms with Crippen molar-refractivity contribution >= 4 is 28.8 Å². The number of carbonyl (C=O) groups is 2. The molecule has 2 rings (SSSR count). The molecule has 0 radical (unpaired) electrons. The Kier molecular flexibility index (Phi) is 6.52. The van der Waals surface area contributed by atoms with Gasteiger partial charge in [-0.1, -0.05) is 12.1 Å². The molecule has 2 aromatic rings. The number of hydrogen-bond acceptors (Lipinski definition) is 7. The average Bonchev–Trinajstić information content (AvgIpc) is 3.01. The van der Waals surface area contributed by atoms with Crippen LogP contribution in [0.15, 0.2) is 41.7 Å². The summed E-state index contributed by atoms with van der Waals surface area (Å²) in [5, 5.41) is 17.5. The fourth-order valence-electron chi connectivity index (χ4n) is 2.60. The molecule has 0 atom stereocenters. The number of thiophene rings is 1. The Hall–Kier alpha value is -2.93. The van der Waals surface area contributed by atoms with Gasteiger partial charge in [-0.15, -0.1) is 11.3 Å². The maximum absolute atomic E-state index is 12.3. The smallest absolute Gasteiger partial charge is 0.348 e. The number of benzene rings is 1. The van der Waals surface area contributed by atoms with Gasteiger partial charge in [0, 0.05) is 10.6 Å². The molecule has 0 aliphatic rings. The van der Waals surface area contributed by atoms with Gasteiger partial charge in [-0.25, -0.2) is 4.79 Å². The minimum atomic E-state index is -0.597. The number of hydrogen-bond donors (Lipinski definition) is 2. The Morgan fingerprint density at radius 1 is 1.19 bits per heavy atom. The molecular weight excluding hydrogens is 366 g/mol. The number of allylic oxidation sites excluding steroid dienone is 1. The monoisotopic (exact) mass is 387 g/mol. The van der Waals surface area contributed by atoms with Crippen LogP contribution in [0.4, 0.5) is 0 Å². The molecule has 1 aromatic carbocycles. The first kappa shape index (κ1) is 20.4. The van der Waals surface area contributed by atoms with E-state index in [4.69, 9.17) is 14.9 Å². The Bertz CT molecular complexity index is 893. The molecule has 1 heterocycles. The largest absolute Gasteiger partial charge is 0.508 e. The third kappa shape index (κ3) is 4.83. The number of esters is 1. The highest BCUT2D eigenvalue weighted by Crippen LogP contribution is 2.32. The highest BCUT2D eigenvalue weighted by Gasteiger charge is 2.18. The highest BCUT2D eigenvalue weighted by atomic mass is 32.1. The highest BCUT2D eigenvalue weighted by molar-refractivity contribution is 7.14. The van der Waals surface area contributed by atoms with Gasteiger partial charge in [0.25, 0.3) is 0 Å². The number of ether oxygens (including phenoxy) is 2. The number of nitrogens with one attached hydrogen (secondary N) is 1. The molecule has 0 bridgehead atoms. The van der Waals surface area contributed by atoms with E-state index in [1.807, 2.05) is 31.2 Å². The Balaban J connectivity index is 2.17. The fraction of sp³-hybridized carbons (Fsp3) is 0.250. The summed E-state index contributed by atoms with van der Waals surface area (Å²) in [4.78, 5) is 25.1. The van der Waals surface area contributed by atoms with Crippen LogP contribution < -0.4 is 4.74 Å². The number of methoxy groups -OCH3 is 1. The van der Waals surface area contributed by atoms with E-state index in [2.05, 4.69) is 0 Å². The lowest BCUT2D eigenvalue weighted by atomic mass is 10.1. The molecule has 2 N–H and O–H groups in total. The Morgan fingerprint density at radius 2 is 1.81 bits per heavy atom. The van der Waals surface area contributed by atoms with Crippen LogP contribution >= 0.6 is 11.3 Å². The van der Waals surface area contributed by atoms with Crippen molar-refractivity contribution in [2.75, 3.05) is 13.7 Å². The second-order valence-electron chi connectivity index (χ2n) is 5.89. The summed E-state index contributed by atoms with van der Waals surface area (Å²) in [5.74, 6) is -0.729. The van der Waals surface area contributed by atoms with Crippen LogP contribution in [0.25, 0.3) is 11.1 Å². The maximum atomic E-state index is 12.3. The molecular formula is C20H21NO5S. The van der Waals surface area contributed by atoms with Gasteiger partial charge >= 0.3 is 5.97 Å². The number of aliphatic hydroxyl groups excluding tert-OH is 1. The zero-order valence-electron chi connectivity index (χ0n) is 15.6. The van der Waals surface area contributed by atoms with Gasteiger partial charge in [0.15, 0.2) is 5.78 Å². The summed E-state index contributed by atoms with van der Waals surface area (Å²) in [5.41, 5.74) is 1.65. The molecule has 0 fully saturated rings. The van der Waals surface area contributed by atoms with Crippen LogP contribution in [0.2, 0.25) is 0 Å². The summed E-state index contributed by atoms with van der Waals surface area (Å²) >= 11 is 1.29. The predicted molar refractivity (Wildman–Crippen MR) is 105 cm³/mol. The summed E-state index contributed by atoms with van der Waals surface area (Å²) < 4.78 is 10.3. The number of ketones is 1. The summed E-state index contributed by atoms with van der Waals surface area (Å²) in [6, 6.07) is 9.23. The topological polar surface area (TPSA) is 96.7 Å². The Morgan fingerprint density at radius 3 is 2.33 bits per heavy atom. The number of aryl methyl sites for hydroxylation is 1. The van der Waals surface area contributed by atoms with E-state index in [0.717, 1.165) is 21.8 Å². The summed E-state index contributed by atoms with van der Waals surface area (Å²) in [6.07, 6.45) is 0. The second-order valence-corrected chi connectivity index (χ2v) is 7.14. The van der Waals surface area contributed by atoms with Crippen LogP contribution in [-0.2, 0) is 9.53 Å². The molecule has 27 heavy (non-hydrogen) atoms. The fourth-order valence-corrected chi connectivity index (χ4v) is 3.54. The van der Waals surface area contributed by atoms with E-state index in [1.54, 1.807) is 13.2 Å². The maximum Gasteiger partial charge on any atom is 0.348 e. The van der Waals surface area contributed by atoms with E-state index in [-0.39, 0.29) is 11.3 Å². The van der Waals surface area contributed by atoms with Crippen LogP contribution in [-0.4, -0.2) is 36.3 Å². The van der Waals surface area contributed by atoms with Crippen molar-refractivity contribution in [3.05, 3.63) is 51.4 Å². The predicted octanol–water partition coefficient (Wildman–Crippen LogP) is 4.33. The van der Waals surface area contributed by atoms with Crippen molar-refractivity contribution in [2.45, 2.75) is 20.8 Å². The lowest BCUT2D eigenvalue weighted by Crippen LogP contribution is -2.14. The minimum Gasteiger partial charge on any atom is -0.508 e. The third-order valence-corrected chi connectivity index (χ3v) is 4.91. The Labute approximate surface area is 161 Å². The van der Waals surface area contributed by atoms with Crippen LogP contribution in [0, 0.1) is 12.3 Å². The third-order valence-electron chi connectivity index (χ3n) is 3.88. The van der Waals surface area contributed by atoms with Crippen molar-refractivity contribution in [3.8, 4) is 16.9 Å². The van der Waals surface area contributed by atoms with Gasteiger partial charge in [-0.3, -0.25) is 4.79 Å². The lowest BCUT2D eigenvalue weighted by Gasteiger charge is -2.07. The lowest BCUT2D eigenvalue weighted by molar-refractivity contribution is -0.113. The van der Waals surface area contributed by atoms with Crippen LogP contribution in [0.3, 0.4) is 0 Å². The number of carbonyl (C=O) groups excluding carboxylic acids is 2. The van der Waals surface area contributed by atoms with E-state index in [1.165, 1.54) is 25.2 Å². The first-order valence-electron chi connectivity index (χ1n) is 8.15. The van der Waals surface area contributed by atoms with E-state index < -0.39 is 24.1 Å². The minimum absolute atomic E-state index is 0.0789. The first-order chi connectivity index (χ1) is 12.7. The molecule has 142 valence electrons. The van der Waals surface area contributed by atoms with Gasteiger partial charge in [-0.2, -0.15) is 0 Å². The van der Waals surface area contributed by atoms with E-state index >= 15 is 0 Å². The summed E-state index contributed by atoms with van der Waals surface area (Å²) in [6.45, 7) is 4.08. The zero-order valence-corrected chi connectivity index (χ0v) is 16.4. The molecule has 0 unspecified atom stereocenters. The quantitative estimate of drug-likeness (QED) is 0.319. The van der Waals surface area contributed by atoms with Gasteiger partial charge < -0.3 is 20.0 Å². The second kappa shape index (κ2) is 8.64. The van der Waals surface area contributed by atoms with Gasteiger partial charge in [-0.05, 0) is 50.1 Å². The zero-order chi connectivity index (χ0) is 20.1. The molecule has 1 aromatic heterocycles. The molecule has 7 heteroatoms. The van der Waals surface area contributed by atoms with Crippen LogP contribution in [0.5, 0.6) is 5.75 Å².